The Hall–Kier alpha value is -2.88. The molecular formula is C24H27N5O3S. The van der Waals surface area contributed by atoms with Gasteiger partial charge in [0.05, 0.1) is 16.7 Å². The van der Waals surface area contributed by atoms with Crippen LogP contribution in [0.25, 0.3) is 27.7 Å². The van der Waals surface area contributed by atoms with Crippen LogP contribution in [0.4, 0.5) is 0 Å². The lowest BCUT2D eigenvalue weighted by Gasteiger charge is -2.14. The van der Waals surface area contributed by atoms with E-state index in [9.17, 15) is 8.42 Å². The minimum atomic E-state index is -3.70. The maximum atomic E-state index is 13.2. The number of hydrogen-bond acceptors (Lipinski definition) is 6. The van der Waals surface area contributed by atoms with E-state index in [1.807, 2.05) is 36.4 Å². The van der Waals surface area contributed by atoms with Gasteiger partial charge in [0.2, 0.25) is 10.0 Å². The molecule has 2 aromatic heterocycles. The summed E-state index contributed by atoms with van der Waals surface area (Å²) in [5.74, 6) is 0.790. The van der Waals surface area contributed by atoms with Crippen molar-refractivity contribution in [3.63, 3.8) is 0 Å². The fraction of sp³-hybridized carbons (Fsp3) is 0.375. The molecule has 1 N–H and O–H groups in total. The number of aromatic nitrogens is 4. The van der Waals surface area contributed by atoms with Crippen LogP contribution in [0.15, 0.2) is 47.4 Å². The van der Waals surface area contributed by atoms with Crippen LogP contribution in [0.3, 0.4) is 0 Å². The topological polar surface area (TPSA) is 98.5 Å². The zero-order valence-corrected chi connectivity index (χ0v) is 19.6. The summed E-state index contributed by atoms with van der Waals surface area (Å²) in [6.07, 6.45) is 3.45. The molecule has 0 aliphatic carbocycles. The number of sulfonamides is 1. The summed E-state index contributed by atoms with van der Waals surface area (Å²) in [6.45, 7) is 4.85. The Balaban J connectivity index is 1.61. The van der Waals surface area contributed by atoms with Gasteiger partial charge in [-0.05, 0) is 37.8 Å². The molecule has 0 amide bonds. The van der Waals surface area contributed by atoms with Crippen molar-refractivity contribution in [2.75, 3.05) is 13.2 Å². The molecular weight excluding hydrogens is 438 g/mol. The average molecular weight is 466 g/mol. The number of aryl methyl sites for hydroxylation is 2. The second-order valence-corrected chi connectivity index (χ2v) is 10.2. The maximum absolute atomic E-state index is 13.2. The Morgan fingerprint density at radius 3 is 2.73 bits per heavy atom. The van der Waals surface area contributed by atoms with E-state index in [0.29, 0.717) is 23.5 Å². The quantitative estimate of drug-likeness (QED) is 0.447. The molecule has 1 saturated heterocycles. The molecule has 5 rings (SSSR count). The fourth-order valence-corrected chi connectivity index (χ4v) is 5.67. The van der Waals surface area contributed by atoms with Gasteiger partial charge in [-0.2, -0.15) is 9.61 Å². The monoisotopic (exact) mass is 465 g/mol. The molecule has 0 saturated carbocycles. The lowest BCUT2D eigenvalue weighted by Crippen LogP contribution is -2.32. The van der Waals surface area contributed by atoms with Crippen LogP contribution < -0.4 is 4.72 Å². The number of benzene rings is 2. The van der Waals surface area contributed by atoms with Crippen molar-refractivity contribution >= 4 is 26.4 Å². The minimum absolute atomic E-state index is 0.0676. The van der Waals surface area contributed by atoms with E-state index in [1.54, 1.807) is 17.5 Å². The molecule has 0 bridgehead atoms. The highest BCUT2D eigenvalue weighted by molar-refractivity contribution is 7.89. The summed E-state index contributed by atoms with van der Waals surface area (Å²) in [5, 5.41) is 15.4. The van der Waals surface area contributed by atoms with Crippen molar-refractivity contribution in [1.82, 2.24) is 24.5 Å². The van der Waals surface area contributed by atoms with E-state index < -0.39 is 10.0 Å². The molecule has 0 radical (unpaired) electrons. The van der Waals surface area contributed by atoms with Gasteiger partial charge in [-0.1, -0.05) is 43.3 Å². The number of ether oxygens (including phenoxy) is 1. The van der Waals surface area contributed by atoms with Crippen LogP contribution in [0.1, 0.15) is 37.6 Å². The van der Waals surface area contributed by atoms with Crippen LogP contribution >= 0.6 is 0 Å². The molecule has 1 fully saturated rings. The van der Waals surface area contributed by atoms with Crippen molar-refractivity contribution in [1.29, 1.82) is 0 Å². The van der Waals surface area contributed by atoms with Gasteiger partial charge in [0.1, 0.15) is 0 Å². The van der Waals surface area contributed by atoms with E-state index in [-0.39, 0.29) is 17.5 Å². The normalized spacial score (nSPS) is 16.7. The van der Waals surface area contributed by atoms with E-state index in [2.05, 4.69) is 21.8 Å². The van der Waals surface area contributed by atoms with Gasteiger partial charge in [0.25, 0.3) is 0 Å². The summed E-state index contributed by atoms with van der Waals surface area (Å²) >= 11 is 0. The van der Waals surface area contributed by atoms with Crippen molar-refractivity contribution < 1.29 is 13.2 Å². The summed E-state index contributed by atoms with van der Waals surface area (Å²) in [6, 6.07) is 13.3. The smallest absolute Gasteiger partial charge is 0.240 e. The third kappa shape index (κ3) is 4.12. The molecule has 9 heteroatoms. The third-order valence-corrected chi connectivity index (χ3v) is 7.64. The minimum Gasteiger partial charge on any atom is -0.377 e. The molecule has 33 heavy (non-hydrogen) atoms. The molecule has 1 aliphatic rings. The number of fused-ring (bicyclic) bond motifs is 3. The lowest BCUT2D eigenvalue weighted by atomic mass is 10.0. The van der Waals surface area contributed by atoms with Gasteiger partial charge >= 0.3 is 0 Å². The van der Waals surface area contributed by atoms with Crippen molar-refractivity contribution in [3.05, 3.63) is 53.9 Å². The Kier molecular flexibility index (Phi) is 5.86. The Labute approximate surface area is 193 Å². The number of nitrogens with zero attached hydrogens (tertiary/aromatic N) is 4. The highest BCUT2D eigenvalue weighted by Crippen LogP contribution is 2.31. The second kappa shape index (κ2) is 8.81. The molecule has 4 aromatic rings. The highest BCUT2D eigenvalue weighted by Gasteiger charge is 2.23. The SMILES string of the molecule is CCCc1nnc2c3ccccc3c(-c3ccc(C)c(S(=O)(=O)NC[C@@H]4CCCO4)c3)nn12. The van der Waals surface area contributed by atoms with Gasteiger partial charge in [0, 0.05) is 35.9 Å². The summed E-state index contributed by atoms with van der Waals surface area (Å²) in [5.41, 5.74) is 2.81. The van der Waals surface area contributed by atoms with E-state index in [1.165, 1.54) is 0 Å². The molecule has 1 aliphatic heterocycles. The van der Waals surface area contributed by atoms with Crippen molar-refractivity contribution in [2.45, 2.75) is 50.5 Å². The van der Waals surface area contributed by atoms with Gasteiger partial charge < -0.3 is 4.74 Å². The van der Waals surface area contributed by atoms with Crippen LogP contribution in [0, 0.1) is 6.92 Å². The predicted molar refractivity (Wildman–Crippen MR) is 127 cm³/mol. The van der Waals surface area contributed by atoms with Crippen molar-refractivity contribution in [2.24, 2.45) is 0 Å². The standard InChI is InChI=1S/C24H27N5O3S/c1-3-7-22-26-27-24-20-10-5-4-9-19(20)23(28-29(22)24)17-12-11-16(2)21(14-17)33(30,31)25-15-18-8-6-13-32-18/h4-5,9-12,14,18,25H,3,6-8,13,15H2,1-2H3/t18-/m0/s1. The van der Waals surface area contributed by atoms with Crippen LogP contribution in [-0.2, 0) is 21.2 Å². The van der Waals surface area contributed by atoms with Crippen LogP contribution in [0.2, 0.25) is 0 Å². The molecule has 172 valence electrons. The van der Waals surface area contributed by atoms with Gasteiger partial charge in [0.15, 0.2) is 11.5 Å². The molecule has 2 aromatic carbocycles. The predicted octanol–water partition coefficient (Wildman–Crippen LogP) is 3.66. The van der Waals surface area contributed by atoms with E-state index >= 15 is 0 Å². The first kappa shape index (κ1) is 21.9. The second-order valence-electron chi connectivity index (χ2n) is 8.46. The molecule has 0 unspecified atom stereocenters. The van der Waals surface area contributed by atoms with Gasteiger partial charge in [-0.15, -0.1) is 10.2 Å². The zero-order valence-electron chi connectivity index (χ0n) is 18.8. The van der Waals surface area contributed by atoms with E-state index in [4.69, 9.17) is 9.84 Å². The maximum Gasteiger partial charge on any atom is 0.240 e. The number of rotatable bonds is 7. The Morgan fingerprint density at radius 1 is 1.15 bits per heavy atom. The average Bonchev–Trinajstić information content (AvgIpc) is 3.48. The first-order valence-electron chi connectivity index (χ1n) is 11.3. The van der Waals surface area contributed by atoms with Crippen LogP contribution in [0.5, 0.6) is 0 Å². The first-order valence-corrected chi connectivity index (χ1v) is 12.8. The number of nitrogens with one attached hydrogen (secondary N) is 1. The van der Waals surface area contributed by atoms with Gasteiger partial charge in [-0.25, -0.2) is 13.1 Å². The largest absolute Gasteiger partial charge is 0.377 e. The summed E-state index contributed by atoms with van der Waals surface area (Å²) in [7, 11) is -3.70. The zero-order chi connectivity index (χ0) is 23.0. The molecule has 8 nitrogen and oxygen atoms in total. The summed E-state index contributed by atoms with van der Waals surface area (Å²) < 4.78 is 36.4. The lowest BCUT2D eigenvalue weighted by molar-refractivity contribution is 0.114. The first-order chi connectivity index (χ1) is 16.0. The molecule has 3 heterocycles. The van der Waals surface area contributed by atoms with Crippen molar-refractivity contribution in [3.8, 4) is 11.3 Å². The van der Waals surface area contributed by atoms with E-state index in [0.717, 1.165) is 47.8 Å². The Bertz CT molecular complexity index is 1430. The third-order valence-electron chi connectivity index (χ3n) is 6.08. The van der Waals surface area contributed by atoms with Gasteiger partial charge in [-0.3, -0.25) is 0 Å². The van der Waals surface area contributed by atoms with Crippen LogP contribution in [-0.4, -0.2) is 47.5 Å². The number of hydrogen-bond donors (Lipinski definition) is 1. The summed E-state index contributed by atoms with van der Waals surface area (Å²) in [4.78, 5) is 0.251. The highest BCUT2D eigenvalue weighted by atomic mass is 32.2. The molecule has 0 spiro atoms. The fourth-order valence-electron chi connectivity index (χ4n) is 4.34. The Morgan fingerprint density at radius 2 is 1.97 bits per heavy atom. The molecule has 1 atom stereocenters.